The van der Waals surface area contributed by atoms with Crippen LogP contribution in [0.4, 0.5) is 8.78 Å². The van der Waals surface area contributed by atoms with Gasteiger partial charge < -0.3 is 5.32 Å². The van der Waals surface area contributed by atoms with E-state index >= 15 is 0 Å². The number of H-pyrrole nitrogens is 1. The third kappa shape index (κ3) is 8.50. The van der Waals surface area contributed by atoms with E-state index in [-0.39, 0.29) is 33.2 Å². The first-order chi connectivity index (χ1) is 19.9. The van der Waals surface area contributed by atoms with E-state index < -0.39 is 6.43 Å². The average molecular weight is 584 g/mol. The molecule has 0 saturated heterocycles. The Kier molecular flexibility index (Phi) is 13.7. The van der Waals surface area contributed by atoms with E-state index in [0.717, 1.165) is 29.1 Å². The molecule has 0 saturated carbocycles. The summed E-state index contributed by atoms with van der Waals surface area (Å²) < 4.78 is 28.4. The van der Waals surface area contributed by atoms with Crippen LogP contribution in [0.15, 0.2) is 55.8 Å². The topological polar surface area (TPSA) is 101 Å². The summed E-state index contributed by atoms with van der Waals surface area (Å²) in [6, 6.07) is 9.57. The number of nitrogens with one attached hydrogen (secondary N) is 2. The number of halogens is 2. The zero-order chi connectivity index (χ0) is 30.4. The van der Waals surface area contributed by atoms with Gasteiger partial charge in [-0.3, -0.25) is 9.89 Å². The number of rotatable bonds is 7. The number of thiazole rings is 1. The molecule has 0 bridgehead atoms. The molecule has 8 nitrogen and oxygen atoms in total. The first kappa shape index (κ1) is 33.2. The van der Waals surface area contributed by atoms with Crippen molar-refractivity contribution < 1.29 is 13.6 Å². The lowest BCUT2D eigenvalue weighted by Crippen LogP contribution is -2.40. The van der Waals surface area contributed by atoms with Crippen LogP contribution in [0.5, 0.6) is 0 Å². The van der Waals surface area contributed by atoms with E-state index in [0.29, 0.717) is 30.8 Å². The van der Waals surface area contributed by atoms with Crippen LogP contribution in [0.3, 0.4) is 0 Å². The Morgan fingerprint density at radius 1 is 1.20 bits per heavy atom. The smallest absolute Gasteiger partial charge is 0.281 e. The predicted molar refractivity (Wildman–Crippen MR) is 163 cm³/mol. The number of hydrogen-bond donors (Lipinski definition) is 2. The SMILES string of the molecule is C=CCC.C=Cc1sc(-c2cn[nH]c2C(=O)NC2CCn3nc(-c4ccccc4)nc3C2)nc1C(F)F.CC.CC. The Morgan fingerprint density at radius 2 is 1.88 bits per heavy atom. The molecule has 1 aliphatic rings. The maximum absolute atomic E-state index is 13.2. The standard InChI is InChI=1S/C22H19F2N7OS.C4H8.2C2H6/c1-2-15-18(19(23)24)28-22(33-15)14-11-25-29-17(14)21(32)26-13-8-9-31-16(10-13)27-20(30-31)12-6-4-3-5-7-12;1-3-4-2;2*1-2/h2-7,11,13,19H,1,8-10H2,(H,25,29)(H,26,32);3H,1,4H2,2H3;2*1-2H3. The fourth-order valence-electron chi connectivity index (χ4n) is 3.78. The largest absolute Gasteiger partial charge is 0.347 e. The van der Waals surface area contributed by atoms with Gasteiger partial charge in [0, 0.05) is 24.6 Å². The molecule has 220 valence electrons. The number of nitrogens with zero attached hydrogens (tertiary/aromatic N) is 5. The molecule has 0 radical (unpaired) electrons. The lowest BCUT2D eigenvalue weighted by molar-refractivity contribution is 0.0925. The lowest BCUT2D eigenvalue weighted by Gasteiger charge is -2.23. The monoisotopic (exact) mass is 583 g/mol. The molecule has 1 aliphatic heterocycles. The number of alkyl halides is 2. The molecule has 1 unspecified atom stereocenters. The van der Waals surface area contributed by atoms with Crippen LogP contribution in [0.25, 0.3) is 28.0 Å². The Hall–Kier alpha value is -3.99. The number of aromatic nitrogens is 6. The third-order valence-electron chi connectivity index (χ3n) is 5.69. The number of benzene rings is 1. The Morgan fingerprint density at radius 3 is 2.46 bits per heavy atom. The molecule has 1 amide bonds. The molecule has 41 heavy (non-hydrogen) atoms. The van der Waals surface area contributed by atoms with Crippen molar-refractivity contribution in [1.82, 2.24) is 35.3 Å². The summed E-state index contributed by atoms with van der Waals surface area (Å²) in [4.78, 5) is 21.9. The molecule has 0 spiro atoms. The normalized spacial score (nSPS) is 13.3. The van der Waals surface area contributed by atoms with Gasteiger partial charge in [-0.15, -0.1) is 17.9 Å². The minimum absolute atomic E-state index is 0.148. The number of amides is 1. The molecule has 11 heteroatoms. The maximum atomic E-state index is 13.2. The van der Waals surface area contributed by atoms with Gasteiger partial charge in [-0.05, 0) is 12.8 Å². The van der Waals surface area contributed by atoms with Crippen LogP contribution in [0.1, 0.15) is 80.8 Å². The average Bonchev–Trinajstić information content (AvgIpc) is 3.77. The summed E-state index contributed by atoms with van der Waals surface area (Å²) in [6.07, 6.45) is 4.20. The summed E-state index contributed by atoms with van der Waals surface area (Å²) in [7, 11) is 0. The second-order valence-corrected chi connectivity index (χ2v) is 9.26. The van der Waals surface area contributed by atoms with Crippen molar-refractivity contribution in [3.63, 3.8) is 0 Å². The van der Waals surface area contributed by atoms with Crippen molar-refractivity contribution in [2.75, 3.05) is 0 Å². The van der Waals surface area contributed by atoms with Crippen LogP contribution < -0.4 is 5.32 Å². The Labute approximate surface area is 244 Å². The minimum Gasteiger partial charge on any atom is -0.347 e. The van der Waals surface area contributed by atoms with Crippen molar-refractivity contribution >= 4 is 23.3 Å². The first-order valence-electron chi connectivity index (χ1n) is 13.8. The summed E-state index contributed by atoms with van der Waals surface area (Å²) in [6.45, 7) is 17.7. The van der Waals surface area contributed by atoms with Crippen LogP contribution in [-0.4, -0.2) is 41.9 Å². The summed E-state index contributed by atoms with van der Waals surface area (Å²) in [5.74, 6) is 1.08. The van der Waals surface area contributed by atoms with Gasteiger partial charge in [-0.25, -0.2) is 23.4 Å². The van der Waals surface area contributed by atoms with E-state index in [1.54, 1.807) is 0 Å². The van der Waals surface area contributed by atoms with Gasteiger partial charge in [0.25, 0.3) is 12.3 Å². The van der Waals surface area contributed by atoms with E-state index in [1.165, 1.54) is 12.3 Å². The Bertz CT molecular complexity index is 1380. The van der Waals surface area contributed by atoms with Gasteiger partial charge in [0.1, 0.15) is 22.2 Å². The summed E-state index contributed by atoms with van der Waals surface area (Å²) >= 11 is 1.04. The molecule has 0 fully saturated rings. The highest BCUT2D eigenvalue weighted by molar-refractivity contribution is 7.16. The number of aryl methyl sites for hydroxylation is 1. The molecule has 5 rings (SSSR count). The third-order valence-corrected chi connectivity index (χ3v) is 6.79. The van der Waals surface area contributed by atoms with E-state index in [9.17, 15) is 13.6 Å². The molecule has 1 aromatic carbocycles. The van der Waals surface area contributed by atoms with E-state index in [2.05, 4.69) is 50.7 Å². The van der Waals surface area contributed by atoms with Gasteiger partial charge in [0.15, 0.2) is 5.82 Å². The van der Waals surface area contributed by atoms with Crippen LogP contribution in [-0.2, 0) is 13.0 Å². The zero-order valence-electron chi connectivity index (χ0n) is 24.3. The zero-order valence-corrected chi connectivity index (χ0v) is 25.1. The number of carbonyl (C=O) groups is 1. The number of allylic oxidation sites excluding steroid dienone is 1. The fourth-order valence-corrected chi connectivity index (χ4v) is 4.72. The van der Waals surface area contributed by atoms with Crippen molar-refractivity contribution in [1.29, 1.82) is 0 Å². The number of aromatic amines is 1. The predicted octanol–water partition coefficient (Wildman–Crippen LogP) is 7.75. The van der Waals surface area contributed by atoms with Crippen molar-refractivity contribution in [2.45, 2.75) is 72.9 Å². The van der Waals surface area contributed by atoms with Gasteiger partial charge in [0.2, 0.25) is 0 Å². The van der Waals surface area contributed by atoms with Gasteiger partial charge >= 0.3 is 0 Å². The van der Waals surface area contributed by atoms with Crippen LogP contribution in [0.2, 0.25) is 0 Å². The second-order valence-electron chi connectivity index (χ2n) is 8.23. The summed E-state index contributed by atoms with van der Waals surface area (Å²) in [5.41, 5.74) is 1.14. The molecule has 0 aliphatic carbocycles. The van der Waals surface area contributed by atoms with Crippen molar-refractivity contribution in [3.05, 3.63) is 77.9 Å². The molecule has 4 heterocycles. The Balaban J connectivity index is 0.000000666. The molecule has 4 aromatic rings. The fraction of sp³-hybridized carbons (Fsp3) is 0.367. The van der Waals surface area contributed by atoms with Crippen LogP contribution in [0, 0.1) is 0 Å². The molecule has 2 N–H and O–H groups in total. The van der Waals surface area contributed by atoms with E-state index in [4.69, 9.17) is 0 Å². The highest BCUT2D eigenvalue weighted by Crippen LogP contribution is 2.34. The second kappa shape index (κ2) is 17.0. The number of hydrogen-bond acceptors (Lipinski definition) is 6. The number of carbonyl (C=O) groups excluding carboxylic acids is 1. The quantitative estimate of drug-likeness (QED) is 0.217. The first-order valence-corrected chi connectivity index (χ1v) is 14.6. The van der Waals surface area contributed by atoms with Crippen LogP contribution >= 0.6 is 11.3 Å². The molecule has 3 aromatic heterocycles. The van der Waals surface area contributed by atoms with Crippen molar-refractivity contribution in [2.24, 2.45) is 0 Å². The van der Waals surface area contributed by atoms with Gasteiger partial charge in [-0.1, -0.05) is 83.7 Å². The molecule has 1 atom stereocenters. The van der Waals surface area contributed by atoms with Gasteiger partial charge in [0.05, 0.1) is 16.6 Å². The lowest BCUT2D eigenvalue weighted by atomic mass is 10.1. The van der Waals surface area contributed by atoms with Gasteiger partial charge in [-0.2, -0.15) is 10.2 Å². The minimum atomic E-state index is -2.73. The highest BCUT2D eigenvalue weighted by Gasteiger charge is 2.27. The highest BCUT2D eigenvalue weighted by atomic mass is 32.1. The number of fused-ring (bicyclic) bond motifs is 1. The molecular formula is C30H39F2N7OS. The van der Waals surface area contributed by atoms with Crippen molar-refractivity contribution in [3.8, 4) is 22.0 Å². The van der Waals surface area contributed by atoms with E-state index in [1.807, 2.05) is 68.8 Å². The maximum Gasteiger partial charge on any atom is 0.281 e. The summed E-state index contributed by atoms with van der Waals surface area (Å²) in [5, 5.41) is 14.5. The molecular weight excluding hydrogens is 544 g/mol.